The fourth-order valence-electron chi connectivity index (χ4n) is 0.423. The van der Waals surface area contributed by atoms with Crippen LogP contribution in [0.2, 0.25) is 0 Å². The van der Waals surface area contributed by atoms with Gasteiger partial charge in [-0.15, -0.1) is 0 Å². The Labute approximate surface area is 65.4 Å². The van der Waals surface area contributed by atoms with Crippen LogP contribution in [0.1, 0.15) is 19.8 Å². The van der Waals surface area contributed by atoms with Gasteiger partial charge in [-0.05, 0) is 0 Å². The van der Waals surface area contributed by atoms with Crippen LogP contribution in [0.25, 0.3) is 0 Å². The Morgan fingerprint density at radius 1 is 1.30 bits per heavy atom. The van der Waals surface area contributed by atoms with Crippen LogP contribution in [0.5, 0.6) is 0 Å². The van der Waals surface area contributed by atoms with Crippen LogP contribution in [0.3, 0.4) is 0 Å². The van der Waals surface area contributed by atoms with Gasteiger partial charge in [-0.1, -0.05) is 0 Å². The van der Waals surface area contributed by atoms with E-state index in [1.807, 2.05) is 6.92 Å². The molecule has 0 spiro atoms. The van der Waals surface area contributed by atoms with Crippen LogP contribution in [0.15, 0.2) is 0 Å². The van der Waals surface area contributed by atoms with Gasteiger partial charge < -0.3 is 0 Å². The molecule has 0 saturated carbocycles. The molecule has 0 fully saturated rings. The molecule has 64 valence electrons. The molecule has 0 radical (unpaired) electrons. The predicted octanol–water partition coefficient (Wildman–Crippen LogP) is 1.34. The molecule has 0 aliphatic rings. The average molecular weight is 186 g/mol. The van der Waals surface area contributed by atoms with Gasteiger partial charge in [0.05, 0.1) is 0 Å². The first-order valence-electron chi connectivity index (χ1n) is 3.23. The van der Waals surface area contributed by atoms with E-state index in [2.05, 4.69) is 0 Å². The number of unbranched alkanes of at least 4 members (excludes halogenated alkanes) is 1. The summed E-state index contributed by atoms with van der Waals surface area (Å²) in [4.78, 5) is 26.7. The number of rotatable bonds is 4. The van der Waals surface area contributed by atoms with E-state index in [1.54, 1.807) is 0 Å². The van der Waals surface area contributed by atoms with Crippen LogP contribution in [-0.4, -0.2) is 27.1 Å². The summed E-state index contributed by atoms with van der Waals surface area (Å²) in [7, 11) is 0. The second kappa shape index (κ2) is 3.37. The minimum atomic E-state index is -4.23. The number of hydrogen-bond acceptors (Lipinski definition) is 4. The van der Waals surface area contributed by atoms with E-state index < -0.39 is 6.49 Å². The molecule has 0 aliphatic heterocycles. The van der Waals surface area contributed by atoms with E-state index >= 15 is 0 Å². The van der Waals surface area contributed by atoms with Gasteiger partial charge in [-0.2, -0.15) is 0 Å². The van der Waals surface area contributed by atoms with Crippen LogP contribution in [0.4, 0.5) is 0 Å². The van der Waals surface area contributed by atoms with Crippen molar-refractivity contribution in [3.05, 3.63) is 0 Å². The van der Waals surface area contributed by atoms with Crippen molar-refractivity contribution in [1.82, 2.24) is 0 Å². The van der Waals surface area contributed by atoms with Gasteiger partial charge in [-0.3, -0.25) is 0 Å². The normalized spacial score (nSPS) is 16.3. The summed E-state index contributed by atoms with van der Waals surface area (Å²) in [6, 6.07) is 0. The summed E-state index contributed by atoms with van der Waals surface area (Å²) < 4.78 is 0. The molecule has 0 aromatic heterocycles. The van der Waals surface area contributed by atoms with Gasteiger partial charge in [0.1, 0.15) is 0 Å². The van der Waals surface area contributed by atoms with Crippen molar-refractivity contribution in [3.63, 3.8) is 0 Å². The summed E-state index contributed by atoms with van der Waals surface area (Å²) in [6.07, 6.45) is 1.90. The first kappa shape index (κ1) is 10.7. The molecule has 0 aromatic carbocycles. The monoisotopic (exact) mass is 186 g/mol. The molecular weight excluding hydrogens is 171 g/mol. The van der Waals surface area contributed by atoms with Crippen LogP contribution >= 0.6 is 17.9 Å². The molecule has 0 aromatic rings. The summed E-state index contributed by atoms with van der Waals surface area (Å²) in [6.45, 7) is -1.13. The van der Waals surface area contributed by atoms with Crippen LogP contribution < -0.4 is 0 Å². The van der Waals surface area contributed by atoms with Gasteiger partial charge in [0.2, 0.25) is 0 Å². The Morgan fingerprint density at radius 2 is 1.80 bits per heavy atom. The molecule has 0 heterocycles. The van der Waals surface area contributed by atoms with Gasteiger partial charge in [-0.25, -0.2) is 0 Å². The van der Waals surface area contributed by atoms with Gasteiger partial charge >= 0.3 is 64.7 Å². The Morgan fingerprint density at radius 3 is 2.10 bits per heavy atom. The minimum absolute atomic E-state index is 0.605. The van der Waals surface area contributed by atoms with Crippen LogP contribution in [0, 0.1) is 0 Å². The predicted molar refractivity (Wildman–Crippen MR) is 46.9 cm³/mol. The molecule has 0 bridgehead atoms. The molecule has 0 rings (SSSR count). The van der Waals surface area contributed by atoms with Crippen molar-refractivity contribution >= 4 is 17.9 Å². The summed E-state index contributed by atoms with van der Waals surface area (Å²) >= 11 is 0.858. The number of hydrogen-bond donors (Lipinski definition) is 3. The third kappa shape index (κ3) is 8.66. The van der Waals surface area contributed by atoms with Crippen molar-refractivity contribution < 1.29 is 14.7 Å². The molecule has 0 unspecified atom stereocenters. The van der Waals surface area contributed by atoms with Crippen molar-refractivity contribution in [2.75, 3.05) is 12.4 Å². The summed E-state index contributed by atoms with van der Waals surface area (Å²) in [5.74, 6) is 0.605. The molecule has 0 saturated heterocycles. The standard InChI is InChI=1S/C5H15O3PS/c1-3-4-5-10-9(2,6,7)8/h6-8H,3-5H2,1-2H3. The SMILES string of the molecule is CCCCSP(C)(O)(O)O. The molecule has 3 N–H and O–H groups in total. The van der Waals surface area contributed by atoms with Gasteiger partial charge in [0, 0.05) is 0 Å². The van der Waals surface area contributed by atoms with E-state index in [0.29, 0.717) is 5.75 Å². The molecule has 0 amide bonds. The zero-order valence-corrected chi connectivity index (χ0v) is 8.03. The van der Waals surface area contributed by atoms with Crippen molar-refractivity contribution in [3.8, 4) is 0 Å². The van der Waals surface area contributed by atoms with E-state index in [1.165, 1.54) is 0 Å². The van der Waals surface area contributed by atoms with Crippen LogP contribution in [-0.2, 0) is 0 Å². The Hall–Kier alpha value is 0.660. The molecule has 0 aliphatic carbocycles. The second-order valence-electron chi connectivity index (χ2n) is 2.48. The first-order chi connectivity index (χ1) is 4.31. The van der Waals surface area contributed by atoms with E-state index in [4.69, 9.17) is 14.7 Å². The quantitative estimate of drug-likeness (QED) is 0.458. The van der Waals surface area contributed by atoms with Crippen molar-refractivity contribution in [2.24, 2.45) is 0 Å². The van der Waals surface area contributed by atoms with E-state index in [-0.39, 0.29) is 0 Å². The Kier molecular flexibility index (Phi) is 3.59. The van der Waals surface area contributed by atoms with Gasteiger partial charge in [0.25, 0.3) is 0 Å². The fraction of sp³-hybridized carbons (Fsp3) is 1.00. The zero-order chi connectivity index (χ0) is 8.28. The molecule has 0 atom stereocenters. The second-order valence-corrected chi connectivity index (χ2v) is 9.08. The Bertz CT molecular complexity index is 100.0. The molecular formula is C5H15O3PS. The molecule has 10 heavy (non-hydrogen) atoms. The third-order valence-electron chi connectivity index (χ3n) is 0.891. The Balaban J connectivity index is 3.49. The van der Waals surface area contributed by atoms with Crippen molar-refractivity contribution in [2.45, 2.75) is 19.8 Å². The van der Waals surface area contributed by atoms with E-state index in [0.717, 1.165) is 30.9 Å². The topological polar surface area (TPSA) is 60.7 Å². The molecule has 3 nitrogen and oxygen atoms in total. The fourth-order valence-corrected chi connectivity index (χ4v) is 2.94. The van der Waals surface area contributed by atoms with E-state index in [9.17, 15) is 0 Å². The first-order valence-corrected chi connectivity index (χ1v) is 7.36. The summed E-state index contributed by atoms with van der Waals surface area (Å²) in [5.41, 5.74) is 0. The third-order valence-corrected chi connectivity index (χ3v) is 4.33. The summed E-state index contributed by atoms with van der Waals surface area (Å²) in [5, 5.41) is 0. The maximum atomic E-state index is 8.91. The maximum absolute atomic E-state index is 8.91. The zero-order valence-electron chi connectivity index (χ0n) is 6.32. The van der Waals surface area contributed by atoms with Crippen molar-refractivity contribution in [1.29, 1.82) is 0 Å². The average Bonchev–Trinajstić information content (AvgIpc) is 1.61. The van der Waals surface area contributed by atoms with Gasteiger partial charge in [0.15, 0.2) is 0 Å². The molecule has 5 heteroatoms.